The highest BCUT2D eigenvalue weighted by atomic mass is 16.5. The lowest BCUT2D eigenvalue weighted by atomic mass is 10.3. The first kappa shape index (κ1) is 8.77. The van der Waals surface area contributed by atoms with Gasteiger partial charge in [-0.2, -0.15) is 0 Å². The third-order valence-corrected chi connectivity index (χ3v) is 1.46. The first-order valence-electron chi connectivity index (χ1n) is 3.68. The van der Waals surface area contributed by atoms with Gasteiger partial charge in [0.05, 0.1) is 13.7 Å². The first-order chi connectivity index (χ1) is 5.74. The summed E-state index contributed by atoms with van der Waals surface area (Å²) < 4.78 is 9.59. The number of carbonyl (C=O) groups is 1. The van der Waals surface area contributed by atoms with Crippen LogP contribution >= 0.6 is 0 Å². The van der Waals surface area contributed by atoms with Gasteiger partial charge in [0.25, 0.3) is 0 Å². The lowest BCUT2D eigenvalue weighted by Crippen LogP contribution is -2.04. The molecule has 66 valence electrons. The van der Waals surface area contributed by atoms with Crippen LogP contribution in [-0.4, -0.2) is 32.1 Å². The Hall–Kier alpha value is -1.32. The van der Waals surface area contributed by atoms with E-state index in [2.05, 4.69) is 9.73 Å². The summed E-state index contributed by atoms with van der Waals surface area (Å²) in [5.41, 5.74) is 0.498. The zero-order chi connectivity index (χ0) is 8.97. The fraction of sp³-hybridized carbons (Fsp3) is 0.500. The van der Waals surface area contributed by atoms with Crippen LogP contribution in [0.2, 0.25) is 0 Å². The second-order valence-electron chi connectivity index (χ2n) is 2.39. The number of ether oxygens (including phenoxy) is 2. The molecular weight excluding hydrogens is 158 g/mol. The normalized spacial score (nSPS) is 16.8. The van der Waals surface area contributed by atoms with Gasteiger partial charge in [-0.15, -0.1) is 0 Å². The lowest BCUT2D eigenvalue weighted by Gasteiger charge is -1.98. The molecule has 0 atom stereocenters. The van der Waals surface area contributed by atoms with Gasteiger partial charge in [0, 0.05) is 11.6 Å². The van der Waals surface area contributed by atoms with E-state index in [9.17, 15) is 4.79 Å². The molecule has 0 aromatic heterocycles. The number of methoxy groups -OCH3 is 1. The second-order valence-corrected chi connectivity index (χ2v) is 2.39. The summed E-state index contributed by atoms with van der Waals surface area (Å²) in [6.07, 6.45) is 1.58. The van der Waals surface area contributed by atoms with Crippen LogP contribution < -0.4 is 0 Å². The molecule has 1 heterocycles. The molecule has 0 aromatic rings. The van der Waals surface area contributed by atoms with E-state index in [0.717, 1.165) is 0 Å². The van der Waals surface area contributed by atoms with Crippen LogP contribution in [0.3, 0.4) is 0 Å². The minimum absolute atomic E-state index is 0.354. The zero-order valence-corrected chi connectivity index (χ0v) is 7.16. The van der Waals surface area contributed by atoms with Crippen molar-refractivity contribution in [1.82, 2.24) is 0 Å². The molecule has 0 saturated carbocycles. The van der Waals surface area contributed by atoms with E-state index in [1.807, 2.05) is 0 Å². The molecular formula is C8H11NO3. The van der Waals surface area contributed by atoms with Crippen molar-refractivity contribution in [3.8, 4) is 0 Å². The highest BCUT2D eigenvalue weighted by Crippen LogP contribution is 2.01. The largest absolute Gasteiger partial charge is 0.476 e. The molecule has 12 heavy (non-hydrogen) atoms. The monoisotopic (exact) mass is 169 g/mol. The first-order valence-corrected chi connectivity index (χ1v) is 3.68. The Balaban J connectivity index is 2.61. The smallest absolute Gasteiger partial charge is 0.333 e. The zero-order valence-electron chi connectivity index (χ0n) is 7.16. The van der Waals surface area contributed by atoms with Crippen LogP contribution in [0.4, 0.5) is 0 Å². The van der Waals surface area contributed by atoms with E-state index >= 15 is 0 Å². The third kappa shape index (κ3) is 2.08. The third-order valence-electron chi connectivity index (χ3n) is 1.46. The van der Waals surface area contributed by atoms with Gasteiger partial charge in [-0.3, -0.25) is 0 Å². The van der Waals surface area contributed by atoms with Crippen molar-refractivity contribution in [2.75, 3.05) is 20.3 Å². The second kappa shape index (κ2) is 3.90. The summed E-state index contributed by atoms with van der Waals surface area (Å²) >= 11 is 0. The van der Waals surface area contributed by atoms with Crippen LogP contribution in [-0.2, 0) is 14.3 Å². The number of hydrogen-bond donors (Lipinski definition) is 0. The summed E-state index contributed by atoms with van der Waals surface area (Å²) in [5.74, 6) is 0.158. The fourth-order valence-corrected chi connectivity index (χ4v) is 0.844. The molecule has 0 spiro atoms. The molecule has 4 heteroatoms. The average Bonchev–Trinajstić information content (AvgIpc) is 2.55. The number of rotatable bonds is 2. The molecule has 0 N–H and O–H groups in total. The number of carbonyl (C=O) groups excluding carboxylic acids is 1. The summed E-state index contributed by atoms with van der Waals surface area (Å²) in [5, 5.41) is 0. The van der Waals surface area contributed by atoms with Crippen LogP contribution in [0, 0.1) is 0 Å². The minimum Gasteiger partial charge on any atom is -0.476 e. The van der Waals surface area contributed by atoms with Gasteiger partial charge >= 0.3 is 5.97 Å². The molecule has 0 amide bonds. The van der Waals surface area contributed by atoms with Crippen LogP contribution in [0.1, 0.15) is 6.92 Å². The Morgan fingerprint density at radius 3 is 3.00 bits per heavy atom. The Bertz CT molecular complexity index is 243. The van der Waals surface area contributed by atoms with Gasteiger partial charge in [0.15, 0.2) is 0 Å². The maximum atomic E-state index is 10.9. The Labute approximate surface area is 70.9 Å². The predicted octanol–water partition coefficient (Wildman–Crippen LogP) is 0.534. The van der Waals surface area contributed by atoms with Gasteiger partial charge in [0.2, 0.25) is 5.90 Å². The van der Waals surface area contributed by atoms with Crippen LogP contribution in [0.5, 0.6) is 0 Å². The maximum absolute atomic E-state index is 10.9. The number of hydrogen-bond acceptors (Lipinski definition) is 4. The highest BCUT2D eigenvalue weighted by molar-refractivity contribution is 5.98. The molecule has 1 rings (SSSR count). The van der Waals surface area contributed by atoms with E-state index in [1.54, 1.807) is 13.0 Å². The van der Waals surface area contributed by atoms with Crippen molar-refractivity contribution in [1.29, 1.82) is 0 Å². The topological polar surface area (TPSA) is 47.9 Å². The molecule has 0 saturated heterocycles. The van der Waals surface area contributed by atoms with Crippen molar-refractivity contribution < 1.29 is 14.3 Å². The van der Waals surface area contributed by atoms with Crippen LogP contribution in [0.25, 0.3) is 0 Å². The van der Waals surface area contributed by atoms with E-state index in [4.69, 9.17) is 4.74 Å². The van der Waals surface area contributed by atoms with E-state index < -0.39 is 0 Å². The average molecular weight is 169 g/mol. The van der Waals surface area contributed by atoms with Crippen molar-refractivity contribution in [3.63, 3.8) is 0 Å². The predicted molar refractivity (Wildman–Crippen MR) is 44.0 cm³/mol. The van der Waals surface area contributed by atoms with Gasteiger partial charge in [0.1, 0.15) is 6.61 Å². The maximum Gasteiger partial charge on any atom is 0.333 e. The summed E-state index contributed by atoms with van der Waals surface area (Å²) in [6, 6.07) is 0. The molecule has 1 aliphatic rings. The van der Waals surface area contributed by atoms with Crippen molar-refractivity contribution >= 4 is 11.9 Å². The van der Waals surface area contributed by atoms with E-state index in [1.165, 1.54) is 7.11 Å². The van der Waals surface area contributed by atoms with E-state index in [0.29, 0.717) is 24.6 Å². The van der Waals surface area contributed by atoms with Gasteiger partial charge in [-0.05, 0) is 6.92 Å². The van der Waals surface area contributed by atoms with Crippen molar-refractivity contribution in [2.45, 2.75) is 6.92 Å². The standard InChI is InChI=1S/C8H11NO3/c1-6(8(10)11-2)5-7-9-3-4-12-7/h5H,3-4H2,1-2H3. The molecule has 0 bridgehead atoms. The molecule has 1 aliphatic heterocycles. The molecule has 0 fully saturated rings. The summed E-state index contributed by atoms with van der Waals surface area (Å²) in [4.78, 5) is 14.9. The SMILES string of the molecule is COC(=O)C(C)=CC1=NCCO1. The molecule has 4 nitrogen and oxygen atoms in total. The minimum atomic E-state index is -0.354. The lowest BCUT2D eigenvalue weighted by molar-refractivity contribution is -0.136. The summed E-state index contributed by atoms with van der Waals surface area (Å²) in [6.45, 7) is 2.93. The molecule has 0 unspecified atom stereocenters. The Morgan fingerprint density at radius 1 is 1.75 bits per heavy atom. The number of esters is 1. The molecule has 0 aromatic carbocycles. The highest BCUT2D eigenvalue weighted by Gasteiger charge is 2.08. The van der Waals surface area contributed by atoms with Crippen molar-refractivity contribution in [3.05, 3.63) is 11.6 Å². The summed E-state index contributed by atoms with van der Waals surface area (Å²) in [7, 11) is 1.34. The van der Waals surface area contributed by atoms with Crippen molar-refractivity contribution in [2.24, 2.45) is 4.99 Å². The fourth-order valence-electron chi connectivity index (χ4n) is 0.844. The quantitative estimate of drug-likeness (QED) is 0.447. The number of nitrogens with zero attached hydrogens (tertiary/aromatic N) is 1. The van der Waals surface area contributed by atoms with Gasteiger partial charge in [-0.25, -0.2) is 9.79 Å². The Morgan fingerprint density at radius 2 is 2.50 bits per heavy atom. The van der Waals surface area contributed by atoms with Crippen LogP contribution in [0.15, 0.2) is 16.6 Å². The number of aliphatic imine (C=N–C) groups is 1. The molecule has 0 radical (unpaired) electrons. The van der Waals surface area contributed by atoms with Gasteiger partial charge in [-0.1, -0.05) is 0 Å². The van der Waals surface area contributed by atoms with E-state index in [-0.39, 0.29) is 5.97 Å². The Kier molecular flexibility index (Phi) is 2.85. The molecule has 0 aliphatic carbocycles. The van der Waals surface area contributed by atoms with Gasteiger partial charge < -0.3 is 9.47 Å².